The summed E-state index contributed by atoms with van der Waals surface area (Å²) in [7, 11) is 0. The molecular formula is C18H15N3. The number of nitrogen functional groups attached to an aromatic ring is 1. The second kappa shape index (κ2) is 5.56. The van der Waals surface area contributed by atoms with E-state index >= 15 is 0 Å². The topological polar surface area (TPSA) is 61.8 Å². The molecule has 0 aromatic heterocycles. The third-order valence-electron chi connectivity index (χ3n) is 3.57. The average molecular weight is 273 g/mol. The van der Waals surface area contributed by atoms with Crippen LogP contribution >= 0.6 is 0 Å². The zero-order valence-corrected chi connectivity index (χ0v) is 11.5. The molecule has 0 atom stereocenters. The Kier molecular flexibility index (Phi) is 3.44. The Labute approximate surface area is 123 Å². The van der Waals surface area contributed by atoms with E-state index in [1.54, 1.807) is 0 Å². The van der Waals surface area contributed by atoms with Crippen LogP contribution in [-0.2, 0) is 6.54 Å². The number of benzene rings is 3. The molecule has 102 valence electrons. The molecule has 0 aliphatic heterocycles. The van der Waals surface area contributed by atoms with Crippen molar-refractivity contribution in [2.75, 3.05) is 11.1 Å². The maximum absolute atomic E-state index is 9.18. The van der Waals surface area contributed by atoms with Crippen LogP contribution in [0.25, 0.3) is 10.8 Å². The highest BCUT2D eigenvalue weighted by Crippen LogP contribution is 2.27. The number of para-hydroxylation sites is 1. The van der Waals surface area contributed by atoms with Gasteiger partial charge in [0.25, 0.3) is 0 Å². The molecule has 3 heteroatoms. The molecule has 21 heavy (non-hydrogen) atoms. The monoisotopic (exact) mass is 273 g/mol. The summed E-state index contributed by atoms with van der Waals surface area (Å²) in [6.45, 7) is 0.655. The zero-order chi connectivity index (χ0) is 14.7. The molecular weight excluding hydrogens is 258 g/mol. The fourth-order valence-corrected chi connectivity index (χ4v) is 2.44. The van der Waals surface area contributed by atoms with Gasteiger partial charge in [0.15, 0.2) is 0 Å². The first-order chi connectivity index (χ1) is 10.3. The zero-order valence-electron chi connectivity index (χ0n) is 11.5. The fourth-order valence-electron chi connectivity index (χ4n) is 2.44. The quantitative estimate of drug-likeness (QED) is 0.711. The van der Waals surface area contributed by atoms with E-state index in [9.17, 15) is 5.26 Å². The number of nitriles is 1. The van der Waals surface area contributed by atoms with Gasteiger partial charge in [-0.15, -0.1) is 0 Å². The summed E-state index contributed by atoms with van der Waals surface area (Å²) in [6.07, 6.45) is 0. The van der Waals surface area contributed by atoms with Crippen LogP contribution in [0.15, 0.2) is 60.7 Å². The van der Waals surface area contributed by atoms with E-state index in [-0.39, 0.29) is 0 Å². The Hall–Kier alpha value is -2.99. The second-order valence-corrected chi connectivity index (χ2v) is 4.87. The van der Waals surface area contributed by atoms with Gasteiger partial charge < -0.3 is 11.1 Å². The number of nitrogens with zero attached hydrogens (tertiary/aromatic N) is 1. The van der Waals surface area contributed by atoms with Gasteiger partial charge in [-0.05, 0) is 23.8 Å². The van der Waals surface area contributed by atoms with Gasteiger partial charge in [0.1, 0.15) is 0 Å². The summed E-state index contributed by atoms with van der Waals surface area (Å²) in [4.78, 5) is 0. The first-order valence-electron chi connectivity index (χ1n) is 6.78. The third-order valence-corrected chi connectivity index (χ3v) is 3.57. The van der Waals surface area contributed by atoms with E-state index in [1.165, 1.54) is 0 Å². The molecule has 0 unspecified atom stereocenters. The van der Waals surface area contributed by atoms with Crippen molar-refractivity contribution in [3.63, 3.8) is 0 Å². The molecule has 0 saturated heterocycles. The summed E-state index contributed by atoms with van der Waals surface area (Å²) >= 11 is 0. The summed E-state index contributed by atoms with van der Waals surface area (Å²) < 4.78 is 0. The van der Waals surface area contributed by atoms with Crippen molar-refractivity contribution in [2.45, 2.75) is 6.54 Å². The van der Waals surface area contributed by atoms with Crippen LogP contribution in [-0.4, -0.2) is 0 Å². The highest BCUT2D eigenvalue weighted by molar-refractivity contribution is 5.97. The summed E-state index contributed by atoms with van der Waals surface area (Å²) in [5, 5.41) is 14.6. The Bertz CT molecular complexity index is 831. The van der Waals surface area contributed by atoms with Gasteiger partial charge in [0.2, 0.25) is 0 Å². The first kappa shape index (κ1) is 13.0. The van der Waals surface area contributed by atoms with Crippen molar-refractivity contribution >= 4 is 22.1 Å². The standard InChI is InChI=1S/C18H15N3/c19-11-13-9-10-18(16-7-3-2-6-15(13)16)21-12-14-5-1-4-8-17(14)20/h1-10,21H,12,20H2. The largest absolute Gasteiger partial charge is 0.398 e. The molecule has 3 aromatic carbocycles. The van der Waals surface area contributed by atoms with Gasteiger partial charge in [-0.25, -0.2) is 0 Å². The molecule has 3 nitrogen and oxygen atoms in total. The van der Waals surface area contributed by atoms with Gasteiger partial charge in [-0.1, -0.05) is 42.5 Å². The highest BCUT2D eigenvalue weighted by atomic mass is 14.9. The van der Waals surface area contributed by atoms with Crippen LogP contribution in [0.4, 0.5) is 11.4 Å². The van der Waals surface area contributed by atoms with Gasteiger partial charge in [0.05, 0.1) is 11.6 Å². The third kappa shape index (κ3) is 2.52. The van der Waals surface area contributed by atoms with E-state index in [0.717, 1.165) is 27.7 Å². The Morgan fingerprint density at radius 3 is 2.38 bits per heavy atom. The predicted molar refractivity (Wildman–Crippen MR) is 86.8 cm³/mol. The number of nitrogens with two attached hydrogens (primary N) is 1. The van der Waals surface area contributed by atoms with Crippen LogP contribution in [0.2, 0.25) is 0 Å². The van der Waals surface area contributed by atoms with Crippen LogP contribution in [0, 0.1) is 11.3 Å². The van der Waals surface area contributed by atoms with Crippen molar-refractivity contribution in [2.24, 2.45) is 0 Å². The molecule has 0 saturated carbocycles. The lowest BCUT2D eigenvalue weighted by molar-refractivity contribution is 1.16. The molecule has 0 bridgehead atoms. The predicted octanol–water partition coefficient (Wildman–Crippen LogP) is 3.91. The second-order valence-electron chi connectivity index (χ2n) is 4.87. The minimum absolute atomic E-state index is 0.655. The van der Waals surface area contributed by atoms with Crippen LogP contribution in [0.3, 0.4) is 0 Å². The summed E-state index contributed by atoms with van der Waals surface area (Å²) in [6, 6.07) is 21.7. The normalized spacial score (nSPS) is 10.2. The molecule has 0 aliphatic carbocycles. The van der Waals surface area contributed by atoms with E-state index < -0.39 is 0 Å². The smallest absolute Gasteiger partial charge is 0.0998 e. The van der Waals surface area contributed by atoms with E-state index in [4.69, 9.17) is 5.73 Å². The lowest BCUT2D eigenvalue weighted by atomic mass is 10.0. The summed E-state index contributed by atoms with van der Waals surface area (Å²) in [5.41, 5.74) is 9.50. The van der Waals surface area contributed by atoms with Gasteiger partial charge in [-0.3, -0.25) is 0 Å². The van der Waals surface area contributed by atoms with Crippen molar-refractivity contribution < 1.29 is 0 Å². The SMILES string of the molecule is N#Cc1ccc(NCc2ccccc2N)c2ccccc12. The van der Waals surface area contributed by atoms with Gasteiger partial charge in [0, 0.05) is 28.7 Å². The molecule has 0 heterocycles. The number of rotatable bonds is 3. The van der Waals surface area contributed by atoms with Crippen molar-refractivity contribution in [3.05, 3.63) is 71.8 Å². The number of hydrogen-bond donors (Lipinski definition) is 2. The molecule has 0 amide bonds. The Balaban J connectivity index is 1.95. The molecule has 0 spiro atoms. The molecule has 3 rings (SSSR count). The Morgan fingerprint density at radius 1 is 0.905 bits per heavy atom. The number of hydrogen-bond acceptors (Lipinski definition) is 3. The highest BCUT2D eigenvalue weighted by Gasteiger charge is 2.05. The maximum atomic E-state index is 9.18. The first-order valence-corrected chi connectivity index (χ1v) is 6.78. The molecule has 0 radical (unpaired) electrons. The van der Waals surface area contributed by atoms with Crippen LogP contribution < -0.4 is 11.1 Å². The number of fused-ring (bicyclic) bond motifs is 1. The minimum atomic E-state index is 0.655. The molecule has 3 N–H and O–H groups in total. The average Bonchev–Trinajstić information content (AvgIpc) is 2.54. The fraction of sp³-hybridized carbons (Fsp3) is 0.0556. The maximum Gasteiger partial charge on any atom is 0.0998 e. The van der Waals surface area contributed by atoms with Crippen molar-refractivity contribution in [3.8, 4) is 6.07 Å². The van der Waals surface area contributed by atoms with Crippen molar-refractivity contribution in [1.29, 1.82) is 5.26 Å². The Morgan fingerprint density at radius 2 is 1.62 bits per heavy atom. The molecule has 0 aliphatic rings. The van der Waals surface area contributed by atoms with Gasteiger partial charge in [-0.2, -0.15) is 5.26 Å². The molecule has 0 fully saturated rings. The molecule has 3 aromatic rings. The number of anilines is 2. The van der Waals surface area contributed by atoms with Crippen LogP contribution in [0.1, 0.15) is 11.1 Å². The van der Waals surface area contributed by atoms with Crippen LogP contribution in [0.5, 0.6) is 0 Å². The van der Waals surface area contributed by atoms with E-state index in [2.05, 4.69) is 11.4 Å². The lowest BCUT2D eigenvalue weighted by Gasteiger charge is -2.12. The lowest BCUT2D eigenvalue weighted by Crippen LogP contribution is -2.03. The van der Waals surface area contributed by atoms with Crippen molar-refractivity contribution in [1.82, 2.24) is 0 Å². The van der Waals surface area contributed by atoms with E-state index in [1.807, 2.05) is 60.7 Å². The minimum Gasteiger partial charge on any atom is -0.398 e. The number of nitrogens with one attached hydrogen (secondary N) is 1. The van der Waals surface area contributed by atoms with E-state index in [0.29, 0.717) is 12.1 Å². The van der Waals surface area contributed by atoms with Gasteiger partial charge >= 0.3 is 0 Å². The summed E-state index contributed by atoms with van der Waals surface area (Å²) in [5.74, 6) is 0.